The Morgan fingerprint density at radius 1 is 1.04 bits per heavy atom. The van der Waals surface area contributed by atoms with Crippen molar-refractivity contribution in [1.82, 2.24) is 16.0 Å². The Balaban J connectivity index is 2.56. The molecule has 0 spiro atoms. The molecule has 1 aromatic rings. The van der Waals surface area contributed by atoms with Crippen LogP contribution in [0.4, 0.5) is 0 Å². The minimum absolute atomic E-state index is 0.0239. The van der Waals surface area contributed by atoms with Crippen molar-refractivity contribution in [3.8, 4) is 11.5 Å². The predicted octanol–water partition coefficient (Wildman–Crippen LogP) is 2.35. The Morgan fingerprint density at radius 2 is 1.71 bits per heavy atom. The molecule has 0 aliphatic carbocycles. The summed E-state index contributed by atoms with van der Waals surface area (Å²) in [7, 11) is 1.72. The van der Waals surface area contributed by atoms with Gasteiger partial charge in [0.1, 0.15) is 0 Å². The number of carbonyl (C=O) groups is 1. The van der Waals surface area contributed by atoms with Gasteiger partial charge in [0.05, 0.1) is 18.6 Å². The molecule has 0 aliphatic heterocycles. The quantitative estimate of drug-likeness (QED) is 0.398. The zero-order valence-corrected chi connectivity index (χ0v) is 18.1. The number of nitrogens with zero attached hydrogens (tertiary/aromatic N) is 1. The van der Waals surface area contributed by atoms with Crippen LogP contribution in [0.3, 0.4) is 0 Å². The lowest BCUT2D eigenvalue weighted by atomic mass is 9.92. The summed E-state index contributed by atoms with van der Waals surface area (Å²) >= 11 is 0. The van der Waals surface area contributed by atoms with Gasteiger partial charge in [-0.05, 0) is 58.7 Å². The zero-order chi connectivity index (χ0) is 21.0. The molecule has 3 N–H and O–H groups in total. The van der Waals surface area contributed by atoms with Crippen molar-refractivity contribution in [2.24, 2.45) is 10.4 Å². The van der Waals surface area contributed by atoms with Gasteiger partial charge >= 0.3 is 0 Å². The SMILES string of the molecule is CCNC(=O)C(C)(C)CNC(=NC)NCCc1ccc(OCC)c(OCC)c1. The second-order valence-corrected chi connectivity index (χ2v) is 6.99. The van der Waals surface area contributed by atoms with E-state index in [1.807, 2.05) is 52.8 Å². The average molecular weight is 393 g/mol. The maximum atomic E-state index is 12.1. The van der Waals surface area contributed by atoms with Crippen molar-refractivity contribution in [2.45, 2.75) is 41.0 Å². The third-order valence-electron chi connectivity index (χ3n) is 4.19. The van der Waals surface area contributed by atoms with Crippen LogP contribution < -0.4 is 25.4 Å². The van der Waals surface area contributed by atoms with Crippen LogP contribution in [0.25, 0.3) is 0 Å². The number of amides is 1. The first kappa shape index (κ1) is 23.6. The first-order chi connectivity index (χ1) is 13.4. The van der Waals surface area contributed by atoms with Gasteiger partial charge in [-0.1, -0.05) is 6.07 Å². The fraction of sp³-hybridized carbons (Fsp3) is 0.619. The molecule has 0 heterocycles. The molecule has 0 atom stereocenters. The van der Waals surface area contributed by atoms with Crippen molar-refractivity contribution < 1.29 is 14.3 Å². The molecule has 0 radical (unpaired) electrons. The summed E-state index contributed by atoms with van der Waals surface area (Å²) < 4.78 is 11.3. The van der Waals surface area contributed by atoms with Crippen LogP contribution in [0.1, 0.15) is 40.2 Å². The smallest absolute Gasteiger partial charge is 0.227 e. The fourth-order valence-electron chi connectivity index (χ4n) is 2.58. The van der Waals surface area contributed by atoms with Gasteiger partial charge in [-0.15, -0.1) is 0 Å². The summed E-state index contributed by atoms with van der Waals surface area (Å²) in [4.78, 5) is 16.3. The van der Waals surface area contributed by atoms with Crippen LogP contribution in [-0.2, 0) is 11.2 Å². The molecular weight excluding hydrogens is 356 g/mol. The van der Waals surface area contributed by atoms with Gasteiger partial charge in [0.25, 0.3) is 0 Å². The summed E-state index contributed by atoms with van der Waals surface area (Å²) in [5, 5.41) is 9.37. The Labute approximate surface area is 169 Å². The summed E-state index contributed by atoms with van der Waals surface area (Å²) in [5.74, 6) is 2.24. The van der Waals surface area contributed by atoms with Gasteiger partial charge in [-0.25, -0.2) is 0 Å². The lowest BCUT2D eigenvalue weighted by Crippen LogP contribution is -2.48. The molecule has 0 saturated carbocycles. The second-order valence-electron chi connectivity index (χ2n) is 6.99. The second kappa shape index (κ2) is 12.1. The molecule has 28 heavy (non-hydrogen) atoms. The van der Waals surface area contributed by atoms with E-state index in [1.165, 1.54) is 0 Å². The number of benzene rings is 1. The fourth-order valence-corrected chi connectivity index (χ4v) is 2.58. The molecule has 7 heteroatoms. The number of aliphatic imine (C=N–C) groups is 1. The van der Waals surface area contributed by atoms with Crippen LogP contribution in [0, 0.1) is 5.41 Å². The van der Waals surface area contributed by atoms with Crippen LogP contribution in [0.2, 0.25) is 0 Å². The molecule has 7 nitrogen and oxygen atoms in total. The highest BCUT2D eigenvalue weighted by atomic mass is 16.5. The molecular formula is C21H36N4O3. The molecule has 1 aromatic carbocycles. The summed E-state index contributed by atoms with van der Waals surface area (Å²) in [6.07, 6.45) is 0.812. The van der Waals surface area contributed by atoms with Gasteiger partial charge in [0.15, 0.2) is 17.5 Å². The minimum Gasteiger partial charge on any atom is -0.490 e. The normalized spacial score (nSPS) is 11.7. The molecule has 0 aliphatic rings. The van der Waals surface area contributed by atoms with Crippen molar-refractivity contribution in [1.29, 1.82) is 0 Å². The maximum Gasteiger partial charge on any atom is 0.227 e. The summed E-state index contributed by atoms with van der Waals surface area (Å²) in [5.41, 5.74) is 0.632. The predicted molar refractivity (Wildman–Crippen MR) is 114 cm³/mol. The Bertz CT molecular complexity index is 645. The van der Waals surface area contributed by atoms with Crippen LogP contribution in [0.5, 0.6) is 11.5 Å². The van der Waals surface area contributed by atoms with Crippen molar-refractivity contribution in [2.75, 3.05) is 39.9 Å². The third-order valence-corrected chi connectivity index (χ3v) is 4.19. The molecule has 0 fully saturated rings. The van der Waals surface area contributed by atoms with Crippen LogP contribution >= 0.6 is 0 Å². The molecule has 0 bridgehead atoms. The summed E-state index contributed by atoms with van der Waals surface area (Å²) in [6.45, 7) is 12.7. The number of hydrogen-bond donors (Lipinski definition) is 3. The van der Waals surface area contributed by atoms with Crippen molar-refractivity contribution >= 4 is 11.9 Å². The molecule has 0 unspecified atom stereocenters. The lowest BCUT2D eigenvalue weighted by molar-refractivity contribution is -0.128. The highest BCUT2D eigenvalue weighted by Gasteiger charge is 2.27. The topological polar surface area (TPSA) is 84.0 Å². The lowest BCUT2D eigenvalue weighted by Gasteiger charge is -2.24. The number of carbonyl (C=O) groups excluding carboxylic acids is 1. The molecule has 1 amide bonds. The van der Waals surface area contributed by atoms with Gasteiger partial charge in [0.2, 0.25) is 5.91 Å². The number of ether oxygens (including phenoxy) is 2. The third kappa shape index (κ3) is 7.66. The molecule has 158 valence electrons. The first-order valence-corrected chi connectivity index (χ1v) is 9.99. The van der Waals surface area contributed by atoms with E-state index >= 15 is 0 Å². The Hall–Kier alpha value is -2.44. The Morgan fingerprint density at radius 3 is 2.32 bits per heavy atom. The standard InChI is InChI=1S/C21H36N4O3/c1-7-23-19(26)21(4,5)15-25-20(22-6)24-13-12-16-10-11-17(27-8-2)18(14-16)28-9-3/h10-11,14H,7-9,12-13,15H2,1-6H3,(H,23,26)(H2,22,24,25). The molecule has 0 saturated heterocycles. The van der Waals surface area contributed by atoms with Gasteiger partial charge in [-0.3, -0.25) is 9.79 Å². The minimum atomic E-state index is -0.519. The molecule has 1 rings (SSSR count). The number of hydrogen-bond acceptors (Lipinski definition) is 4. The largest absolute Gasteiger partial charge is 0.490 e. The summed E-state index contributed by atoms with van der Waals surface area (Å²) in [6, 6.07) is 6.01. The number of nitrogens with one attached hydrogen (secondary N) is 3. The van der Waals surface area contributed by atoms with E-state index in [9.17, 15) is 4.79 Å². The van der Waals surface area contributed by atoms with E-state index in [0.29, 0.717) is 38.8 Å². The van der Waals surface area contributed by atoms with E-state index in [2.05, 4.69) is 20.9 Å². The van der Waals surface area contributed by atoms with Gasteiger partial charge in [-0.2, -0.15) is 0 Å². The van der Waals surface area contributed by atoms with E-state index < -0.39 is 5.41 Å². The highest BCUT2D eigenvalue weighted by Crippen LogP contribution is 2.28. The number of rotatable bonds is 11. The monoisotopic (exact) mass is 392 g/mol. The average Bonchev–Trinajstić information content (AvgIpc) is 2.67. The van der Waals surface area contributed by atoms with E-state index in [-0.39, 0.29) is 5.91 Å². The van der Waals surface area contributed by atoms with E-state index in [4.69, 9.17) is 9.47 Å². The first-order valence-electron chi connectivity index (χ1n) is 9.99. The van der Waals surface area contributed by atoms with E-state index in [0.717, 1.165) is 23.5 Å². The van der Waals surface area contributed by atoms with Crippen LogP contribution in [0.15, 0.2) is 23.2 Å². The van der Waals surface area contributed by atoms with Crippen molar-refractivity contribution in [3.63, 3.8) is 0 Å². The Kier molecular flexibility index (Phi) is 10.2. The van der Waals surface area contributed by atoms with Gasteiger partial charge < -0.3 is 25.4 Å². The molecule has 0 aromatic heterocycles. The van der Waals surface area contributed by atoms with Gasteiger partial charge in [0, 0.05) is 26.7 Å². The number of guanidine groups is 1. The van der Waals surface area contributed by atoms with Crippen molar-refractivity contribution in [3.05, 3.63) is 23.8 Å². The maximum absolute atomic E-state index is 12.1. The van der Waals surface area contributed by atoms with E-state index in [1.54, 1.807) is 7.05 Å². The highest BCUT2D eigenvalue weighted by molar-refractivity contribution is 5.84. The zero-order valence-electron chi connectivity index (χ0n) is 18.1. The van der Waals surface area contributed by atoms with Crippen LogP contribution in [-0.4, -0.2) is 51.8 Å².